The van der Waals surface area contributed by atoms with Gasteiger partial charge in [-0.25, -0.2) is 0 Å². The molecule has 0 unspecified atom stereocenters. The summed E-state index contributed by atoms with van der Waals surface area (Å²) in [6.07, 6.45) is 7.94. The van der Waals surface area contributed by atoms with Gasteiger partial charge >= 0.3 is 0 Å². The van der Waals surface area contributed by atoms with Gasteiger partial charge in [0.1, 0.15) is 10.6 Å². The van der Waals surface area contributed by atoms with E-state index < -0.39 is 0 Å². The standard InChI is InChI=1S/C28H30ClN3S/c1-3-4-16-30-27(33)26-25(21-10-8-19(2)9-11-21)23-7-5-6-17-31-24(18-32(26)28(23)31)20-12-14-22(29)15-13-20/h8-15,18H,3-7,16-17H2,1-2H3,(H,30,33). The molecule has 33 heavy (non-hydrogen) atoms. The molecule has 0 atom stereocenters. The lowest BCUT2D eigenvalue weighted by Gasteiger charge is -2.12. The monoisotopic (exact) mass is 475 g/mol. The van der Waals surface area contributed by atoms with Gasteiger partial charge in [-0.1, -0.05) is 79.1 Å². The van der Waals surface area contributed by atoms with E-state index in [2.05, 4.69) is 70.7 Å². The Balaban J connectivity index is 1.76. The average molecular weight is 476 g/mol. The third-order valence-corrected chi connectivity index (χ3v) is 7.23. The van der Waals surface area contributed by atoms with Crippen molar-refractivity contribution in [3.63, 3.8) is 0 Å². The Morgan fingerprint density at radius 1 is 1.03 bits per heavy atom. The highest BCUT2D eigenvalue weighted by Crippen LogP contribution is 2.39. The fourth-order valence-electron chi connectivity index (χ4n) is 4.95. The SMILES string of the molecule is CCCCNC(=S)c1c(-c2ccc(C)cc2)c2c3n(c(-c4ccc(Cl)cc4)cn13)CCCC2. The van der Waals surface area contributed by atoms with E-state index in [4.69, 9.17) is 23.8 Å². The van der Waals surface area contributed by atoms with E-state index >= 15 is 0 Å². The number of hydrogen-bond acceptors (Lipinski definition) is 1. The molecule has 1 aliphatic rings. The molecule has 0 saturated carbocycles. The molecular weight excluding hydrogens is 446 g/mol. The van der Waals surface area contributed by atoms with Crippen LogP contribution in [0.2, 0.25) is 5.02 Å². The molecular formula is C28H30ClN3S. The van der Waals surface area contributed by atoms with Crippen LogP contribution in [0.3, 0.4) is 0 Å². The van der Waals surface area contributed by atoms with Gasteiger partial charge in [0.05, 0.1) is 11.4 Å². The van der Waals surface area contributed by atoms with Crippen LogP contribution in [0.4, 0.5) is 0 Å². The van der Waals surface area contributed by atoms with Crippen molar-refractivity contribution in [1.29, 1.82) is 0 Å². The number of unbranched alkanes of at least 4 members (excludes halogenated alkanes) is 1. The summed E-state index contributed by atoms with van der Waals surface area (Å²) in [6, 6.07) is 17.1. The fourth-order valence-corrected chi connectivity index (χ4v) is 5.38. The van der Waals surface area contributed by atoms with Gasteiger partial charge in [-0.2, -0.15) is 0 Å². The Morgan fingerprint density at radius 3 is 2.48 bits per heavy atom. The van der Waals surface area contributed by atoms with E-state index in [0.717, 1.165) is 48.1 Å². The second kappa shape index (κ2) is 9.36. The van der Waals surface area contributed by atoms with Crippen molar-refractivity contribution in [2.45, 2.75) is 52.5 Å². The van der Waals surface area contributed by atoms with Crippen molar-refractivity contribution >= 4 is 34.5 Å². The van der Waals surface area contributed by atoms with E-state index in [1.807, 2.05) is 12.1 Å². The van der Waals surface area contributed by atoms with Gasteiger partial charge < -0.3 is 9.88 Å². The Labute approximate surface area is 206 Å². The van der Waals surface area contributed by atoms with Gasteiger partial charge in [-0.15, -0.1) is 0 Å². The van der Waals surface area contributed by atoms with Gasteiger partial charge in [-0.05, 0) is 55.9 Å². The first-order valence-corrected chi connectivity index (χ1v) is 12.7. The van der Waals surface area contributed by atoms with Crippen LogP contribution in [0.25, 0.3) is 28.0 Å². The van der Waals surface area contributed by atoms with E-state index in [-0.39, 0.29) is 0 Å². The predicted molar refractivity (Wildman–Crippen MR) is 144 cm³/mol. The van der Waals surface area contributed by atoms with E-state index in [9.17, 15) is 0 Å². The molecule has 170 valence electrons. The van der Waals surface area contributed by atoms with Crippen LogP contribution < -0.4 is 5.32 Å². The predicted octanol–water partition coefficient (Wildman–Crippen LogP) is 7.44. The summed E-state index contributed by atoms with van der Waals surface area (Å²) in [5.74, 6) is 0. The highest BCUT2D eigenvalue weighted by atomic mass is 35.5. The first kappa shape index (κ1) is 22.2. The topological polar surface area (TPSA) is 21.4 Å². The molecule has 0 fully saturated rings. The van der Waals surface area contributed by atoms with Gasteiger partial charge in [0.2, 0.25) is 0 Å². The number of nitrogens with one attached hydrogen (secondary N) is 1. The third kappa shape index (κ3) is 4.11. The number of benzene rings is 2. The summed E-state index contributed by atoms with van der Waals surface area (Å²) >= 11 is 12.2. The molecule has 0 aliphatic carbocycles. The first-order valence-electron chi connectivity index (χ1n) is 12.0. The van der Waals surface area contributed by atoms with Crippen LogP contribution >= 0.6 is 23.8 Å². The molecule has 2 aromatic heterocycles. The zero-order chi connectivity index (χ0) is 22.9. The smallest absolute Gasteiger partial charge is 0.124 e. The maximum absolute atomic E-state index is 6.18. The lowest BCUT2D eigenvalue weighted by molar-refractivity contribution is 0.647. The van der Waals surface area contributed by atoms with E-state index in [0.29, 0.717) is 0 Å². The van der Waals surface area contributed by atoms with Crippen molar-refractivity contribution in [2.75, 3.05) is 6.54 Å². The minimum Gasteiger partial charge on any atom is -0.375 e. The maximum Gasteiger partial charge on any atom is 0.124 e. The van der Waals surface area contributed by atoms with Crippen molar-refractivity contribution in [1.82, 2.24) is 14.3 Å². The normalized spacial score (nSPS) is 13.3. The number of imidazole rings is 1. The molecule has 0 amide bonds. The molecule has 0 bridgehead atoms. The second-order valence-electron chi connectivity index (χ2n) is 9.00. The Hall–Kier alpha value is -2.56. The quantitative estimate of drug-likeness (QED) is 0.231. The van der Waals surface area contributed by atoms with Crippen LogP contribution in [-0.2, 0) is 13.0 Å². The van der Waals surface area contributed by atoms with Gasteiger partial charge in [-0.3, -0.25) is 4.40 Å². The number of rotatable bonds is 6. The number of halogens is 1. The fraction of sp³-hybridized carbons (Fsp3) is 0.321. The molecule has 5 rings (SSSR count). The molecule has 5 heteroatoms. The summed E-state index contributed by atoms with van der Waals surface area (Å²) in [5, 5.41) is 4.31. The lowest BCUT2D eigenvalue weighted by Crippen LogP contribution is -2.25. The van der Waals surface area contributed by atoms with E-state index in [1.54, 1.807) is 0 Å². The Bertz CT molecular complexity index is 1300. The zero-order valence-electron chi connectivity index (χ0n) is 19.3. The van der Waals surface area contributed by atoms with Gasteiger partial charge in [0.25, 0.3) is 0 Å². The number of aryl methyl sites for hydroxylation is 3. The summed E-state index contributed by atoms with van der Waals surface area (Å²) in [5.41, 5.74) is 10.0. The lowest BCUT2D eigenvalue weighted by atomic mass is 9.97. The Kier molecular flexibility index (Phi) is 6.31. The minimum atomic E-state index is 0.761. The number of thiocarbonyl (C=S) groups is 1. The summed E-state index contributed by atoms with van der Waals surface area (Å²) in [6.45, 7) is 6.25. The molecule has 3 nitrogen and oxygen atoms in total. The summed E-state index contributed by atoms with van der Waals surface area (Å²) in [4.78, 5) is 0.834. The highest BCUT2D eigenvalue weighted by Gasteiger charge is 2.28. The molecule has 1 N–H and O–H groups in total. The van der Waals surface area contributed by atoms with Gasteiger partial charge in [0.15, 0.2) is 0 Å². The van der Waals surface area contributed by atoms with Crippen LogP contribution in [0.1, 0.15) is 49.4 Å². The maximum atomic E-state index is 6.18. The Morgan fingerprint density at radius 2 is 1.76 bits per heavy atom. The van der Waals surface area contributed by atoms with Crippen LogP contribution in [-0.4, -0.2) is 20.5 Å². The molecule has 0 saturated heterocycles. The van der Waals surface area contributed by atoms with Crippen molar-refractivity contribution in [3.05, 3.63) is 76.6 Å². The zero-order valence-corrected chi connectivity index (χ0v) is 20.9. The van der Waals surface area contributed by atoms with Crippen LogP contribution in [0, 0.1) is 6.92 Å². The first-order chi connectivity index (χ1) is 16.1. The molecule has 0 spiro atoms. The van der Waals surface area contributed by atoms with Crippen LogP contribution in [0.5, 0.6) is 0 Å². The van der Waals surface area contributed by atoms with Crippen molar-refractivity contribution in [3.8, 4) is 22.4 Å². The van der Waals surface area contributed by atoms with Crippen molar-refractivity contribution < 1.29 is 0 Å². The third-order valence-electron chi connectivity index (χ3n) is 6.65. The molecule has 2 aromatic carbocycles. The summed E-state index contributed by atoms with van der Waals surface area (Å²) in [7, 11) is 0. The molecule has 4 aromatic rings. The molecule has 3 heterocycles. The largest absolute Gasteiger partial charge is 0.375 e. The number of hydrogen-bond donors (Lipinski definition) is 1. The second-order valence-corrected chi connectivity index (χ2v) is 9.85. The van der Waals surface area contributed by atoms with E-state index in [1.165, 1.54) is 52.0 Å². The molecule has 0 radical (unpaired) electrons. The highest BCUT2D eigenvalue weighted by molar-refractivity contribution is 7.80. The van der Waals surface area contributed by atoms with Crippen molar-refractivity contribution in [2.24, 2.45) is 0 Å². The average Bonchev–Trinajstić information content (AvgIpc) is 3.23. The molecule has 1 aliphatic heterocycles. The van der Waals surface area contributed by atoms with Gasteiger partial charge in [0, 0.05) is 35.4 Å². The summed E-state index contributed by atoms with van der Waals surface area (Å²) < 4.78 is 4.84. The van der Waals surface area contributed by atoms with Crippen LogP contribution in [0.15, 0.2) is 54.7 Å². The number of nitrogens with zero attached hydrogens (tertiary/aromatic N) is 2. The minimum absolute atomic E-state index is 0.761. The number of aromatic nitrogens is 2.